The summed E-state index contributed by atoms with van der Waals surface area (Å²) < 4.78 is 5.45. The lowest BCUT2D eigenvalue weighted by atomic mass is 10.1. The molecular weight excluding hydrogens is 326 g/mol. The molecule has 0 radical (unpaired) electrons. The first-order chi connectivity index (χ1) is 12.7. The minimum Gasteiger partial charge on any atom is -0.480 e. The molecule has 2 heterocycles. The second-order valence-corrected chi connectivity index (χ2v) is 6.20. The molecule has 0 amide bonds. The number of nitrogens with one attached hydrogen (secondary N) is 2. The normalized spacial score (nSPS) is 11.0. The third kappa shape index (κ3) is 3.11. The topological polar surface area (TPSA) is 70.8 Å². The maximum Gasteiger partial charge on any atom is 0.270 e. The van der Waals surface area contributed by atoms with Crippen molar-refractivity contribution < 1.29 is 4.74 Å². The first-order valence-electron chi connectivity index (χ1n) is 8.49. The van der Waals surface area contributed by atoms with E-state index in [1.54, 1.807) is 7.11 Å². The highest BCUT2D eigenvalue weighted by Crippen LogP contribution is 2.23. The summed E-state index contributed by atoms with van der Waals surface area (Å²) in [6.45, 7) is 0. The summed E-state index contributed by atoms with van der Waals surface area (Å²) in [6.07, 6.45) is 2.97. The van der Waals surface area contributed by atoms with Crippen LogP contribution in [0.4, 0.5) is 0 Å². The summed E-state index contributed by atoms with van der Waals surface area (Å²) in [5.74, 6) is 0.459. The monoisotopic (exact) mass is 345 g/mol. The molecule has 5 heteroatoms. The van der Waals surface area contributed by atoms with Gasteiger partial charge < -0.3 is 14.7 Å². The number of fused-ring (bicyclic) bond motifs is 1. The van der Waals surface area contributed by atoms with E-state index >= 15 is 0 Å². The number of aromatic amines is 2. The molecule has 0 aliphatic heterocycles. The fourth-order valence-electron chi connectivity index (χ4n) is 3.17. The number of H-pyrrole nitrogens is 2. The Bertz CT molecular complexity index is 1100. The van der Waals surface area contributed by atoms with Gasteiger partial charge in [-0.05, 0) is 17.2 Å². The van der Waals surface area contributed by atoms with E-state index in [9.17, 15) is 4.79 Å². The fourth-order valence-corrected chi connectivity index (χ4v) is 3.17. The van der Waals surface area contributed by atoms with E-state index < -0.39 is 0 Å². The number of rotatable bonds is 5. The summed E-state index contributed by atoms with van der Waals surface area (Å²) in [5.41, 5.74) is 4.15. The minimum absolute atomic E-state index is 0.176. The van der Waals surface area contributed by atoms with Crippen molar-refractivity contribution in [2.75, 3.05) is 7.11 Å². The maximum atomic E-state index is 12.5. The van der Waals surface area contributed by atoms with Crippen LogP contribution in [0.5, 0.6) is 5.88 Å². The third-order valence-electron chi connectivity index (χ3n) is 4.47. The van der Waals surface area contributed by atoms with Gasteiger partial charge in [0.1, 0.15) is 5.69 Å². The second kappa shape index (κ2) is 6.88. The SMILES string of the molecule is COc1nc(Cc2ccccc2)c(=O)[nH]c1Cc1c[nH]c2ccccc12. The van der Waals surface area contributed by atoms with E-state index in [2.05, 4.69) is 21.0 Å². The zero-order valence-corrected chi connectivity index (χ0v) is 14.5. The standard InChI is InChI=1S/C21H19N3O2/c1-26-21-19(12-15-13-22-17-10-6-5-9-16(15)17)23-20(25)18(24-21)11-14-7-3-2-4-8-14/h2-10,13,22H,11-12H2,1H3,(H,23,25). The molecule has 0 saturated heterocycles. The summed E-state index contributed by atoms with van der Waals surface area (Å²) in [5, 5.41) is 1.13. The average molecular weight is 345 g/mol. The van der Waals surface area contributed by atoms with Crippen LogP contribution in [0.3, 0.4) is 0 Å². The van der Waals surface area contributed by atoms with E-state index in [4.69, 9.17) is 4.74 Å². The average Bonchev–Trinajstić information content (AvgIpc) is 3.08. The van der Waals surface area contributed by atoms with Gasteiger partial charge >= 0.3 is 0 Å². The molecule has 130 valence electrons. The van der Waals surface area contributed by atoms with Gasteiger partial charge in [-0.15, -0.1) is 0 Å². The molecule has 0 unspecified atom stereocenters. The van der Waals surface area contributed by atoms with Gasteiger partial charge in [-0.3, -0.25) is 4.79 Å². The van der Waals surface area contributed by atoms with Crippen molar-refractivity contribution in [2.45, 2.75) is 12.8 Å². The molecule has 0 fully saturated rings. The third-order valence-corrected chi connectivity index (χ3v) is 4.47. The summed E-state index contributed by atoms with van der Waals surface area (Å²) in [4.78, 5) is 23.2. The molecule has 2 N–H and O–H groups in total. The molecule has 0 atom stereocenters. The second-order valence-electron chi connectivity index (χ2n) is 6.20. The van der Waals surface area contributed by atoms with Crippen molar-refractivity contribution in [1.29, 1.82) is 0 Å². The van der Waals surface area contributed by atoms with Crippen molar-refractivity contribution in [3.63, 3.8) is 0 Å². The van der Waals surface area contributed by atoms with Crippen molar-refractivity contribution in [3.05, 3.63) is 93.7 Å². The zero-order valence-electron chi connectivity index (χ0n) is 14.5. The zero-order chi connectivity index (χ0) is 17.9. The van der Waals surface area contributed by atoms with E-state index in [1.165, 1.54) is 0 Å². The van der Waals surface area contributed by atoms with Gasteiger partial charge in [0.25, 0.3) is 5.56 Å². The first-order valence-corrected chi connectivity index (χ1v) is 8.49. The number of para-hydroxylation sites is 1. The van der Waals surface area contributed by atoms with Crippen LogP contribution in [0, 0.1) is 0 Å². The van der Waals surface area contributed by atoms with Crippen molar-refractivity contribution >= 4 is 10.9 Å². The lowest BCUT2D eigenvalue weighted by Crippen LogP contribution is -2.19. The fraction of sp³-hybridized carbons (Fsp3) is 0.143. The Hall–Kier alpha value is -3.34. The number of hydrogen-bond donors (Lipinski definition) is 2. The maximum absolute atomic E-state index is 12.5. The summed E-state index contributed by atoms with van der Waals surface area (Å²) in [7, 11) is 1.58. The number of aromatic nitrogens is 3. The molecule has 4 aromatic rings. The number of hydrogen-bond acceptors (Lipinski definition) is 3. The lowest BCUT2D eigenvalue weighted by molar-refractivity contribution is 0.388. The molecule has 26 heavy (non-hydrogen) atoms. The van der Waals surface area contributed by atoms with Gasteiger partial charge in [0.05, 0.1) is 12.8 Å². The molecule has 4 rings (SSSR count). The van der Waals surface area contributed by atoms with Gasteiger partial charge in [0.2, 0.25) is 5.88 Å². The molecule has 0 aliphatic rings. The van der Waals surface area contributed by atoms with Crippen LogP contribution in [0.2, 0.25) is 0 Å². The molecule has 0 aliphatic carbocycles. The van der Waals surface area contributed by atoms with E-state index in [0.717, 1.165) is 22.0 Å². The van der Waals surface area contributed by atoms with Crippen molar-refractivity contribution in [1.82, 2.24) is 15.0 Å². The highest BCUT2D eigenvalue weighted by Gasteiger charge is 2.14. The number of benzene rings is 2. The predicted molar refractivity (Wildman–Crippen MR) is 102 cm³/mol. The first kappa shape index (κ1) is 16.1. The van der Waals surface area contributed by atoms with Crippen molar-refractivity contribution in [3.8, 4) is 5.88 Å². The van der Waals surface area contributed by atoms with E-state index in [1.807, 2.05) is 54.7 Å². The number of nitrogens with zero attached hydrogens (tertiary/aromatic N) is 1. The Morgan fingerprint density at radius 3 is 2.58 bits per heavy atom. The summed E-state index contributed by atoms with van der Waals surface area (Å²) in [6, 6.07) is 17.9. The molecule has 5 nitrogen and oxygen atoms in total. The molecule has 0 spiro atoms. The van der Waals surface area contributed by atoms with Gasteiger partial charge in [-0.25, -0.2) is 4.98 Å². The van der Waals surface area contributed by atoms with Crippen molar-refractivity contribution in [2.24, 2.45) is 0 Å². The quantitative estimate of drug-likeness (QED) is 0.582. The highest BCUT2D eigenvalue weighted by molar-refractivity contribution is 5.83. The molecule has 0 saturated carbocycles. The van der Waals surface area contributed by atoms with Crippen LogP contribution < -0.4 is 10.3 Å². The predicted octanol–water partition coefficient (Wildman–Crippen LogP) is 3.44. The van der Waals surface area contributed by atoms with E-state index in [-0.39, 0.29) is 5.56 Å². The number of ether oxygens (including phenoxy) is 1. The lowest BCUT2D eigenvalue weighted by Gasteiger charge is -2.09. The highest BCUT2D eigenvalue weighted by atomic mass is 16.5. The van der Waals surface area contributed by atoms with E-state index in [0.29, 0.717) is 30.1 Å². The number of methoxy groups -OCH3 is 1. The Morgan fingerprint density at radius 2 is 1.77 bits per heavy atom. The van der Waals surface area contributed by atoms with Crippen LogP contribution in [0.15, 0.2) is 65.6 Å². The summed E-state index contributed by atoms with van der Waals surface area (Å²) >= 11 is 0. The van der Waals surface area contributed by atoms with Crippen LogP contribution in [0.25, 0.3) is 10.9 Å². The molecule has 2 aromatic heterocycles. The Morgan fingerprint density at radius 1 is 1.00 bits per heavy atom. The van der Waals surface area contributed by atoms with Crippen LogP contribution in [-0.2, 0) is 12.8 Å². The van der Waals surface area contributed by atoms with Gasteiger partial charge in [0.15, 0.2) is 0 Å². The minimum atomic E-state index is -0.176. The molecular formula is C21H19N3O2. The van der Waals surface area contributed by atoms with Gasteiger partial charge in [0, 0.05) is 29.9 Å². The van der Waals surface area contributed by atoms with Gasteiger partial charge in [-0.2, -0.15) is 0 Å². The molecule has 0 bridgehead atoms. The smallest absolute Gasteiger partial charge is 0.270 e. The van der Waals surface area contributed by atoms with Gasteiger partial charge in [-0.1, -0.05) is 48.5 Å². The Labute approximate surface area is 150 Å². The Kier molecular flexibility index (Phi) is 4.27. The van der Waals surface area contributed by atoms with Crippen LogP contribution in [0.1, 0.15) is 22.5 Å². The molecule has 2 aromatic carbocycles. The van der Waals surface area contributed by atoms with Crippen LogP contribution in [-0.4, -0.2) is 22.1 Å². The largest absolute Gasteiger partial charge is 0.480 e. The van der Waals surface area contributed by atoms with Crippen LogP contribution >= 0.6 is 0 Å². The Balaban J connectivity index is 1.68.